The third kappa shape index (κ3) is 3.07. The first kappa shape index (κ1) is 16.3. The number of carbonyl (C=O) groups is 1. The Morgan fingerprint density at radius 3 is 3.08 bits per heavy atom. The van der Waals surface area contributed by atoms with E-state index in [0.717, 1.165) is 5.56 Å². The van der Waals surface area contributed by atoms with E-state index in [1.165, 1.54) is 6.33 Å². The Kier molecular flexibility index (Phi) is 4.71. The molecule has 1 aromatic heterocycles. The maximum absolute atomic E-state index is 11.9. The molecule has 126 valence electrons. The molecule has 1 amide bonds. The standard InChI is InChI=1S/C16H17ClN4O3/c1-3-5-24-15-11(17)6-10(7-13(15)23-4-2)12-8-14(22)20-16-18-9-19-21(12)16/h3,6-7,9,12H,1,4-5,8H2,2H3,(H,18,19,20,22)/t12-/m0/s1. The Labute approximate surface area is 144 Å². The summed E-state index contributed by atoms with van der Waals surface area (Å²) in [5.41, 5.74) is 0.802. The van der Waals surface area contributed by atoms with Crippen LogP contribution in [-0.2, 0) is 4.79 Å². The number of rotatable bonds is 6. The van der Waals surface area contributed by atoms with E-state index in [1.807, 2.05) is 13.0 Å². The summed E-state index contributed by atoms with van der Waals surface area (Å²) >= 11 is 6.38. The summed E-state index contributed by atoms with van der Waals surface area (Å²) in [6, 6.07) is 3.28. The van der Waals surface area contributed by atoms with Gasteiger partial charge in [-0.25, -0.2) is 4.68 Å². The molecule has 0 spiro atoms. The number of anilines is 1. The molecule has 7 nitrogen and oxygen atoms in total. The second-order valence-electron chi connectivity index (χ2n) is 5.16. The number of ether oxygens (including phenoxy) is 2. The van der Waals surface area contributed by atoms with Crippen LogP contribution in [0.1, 0.15) is 24.9 Å². The number of amides is 1. The van der Waals surface area contributed by atoms with Crippen LogP contribution in [0.3, 0.4) is 0 Å². The van der Waals surface area contributed by atoms with Crippen molar-refractivity contribution >= 4 is 23.5 Å². The topological polar surface area (TPSA) is 78.3 Å². The summed E-state index contributed by atoms with van der Waals surface area (Å²) in [6.07, 6.45) is 3.28. The van der Waals surface area contributed by atoms with E-state index in [2.05, 4.69) is 22.0 Å². The molecule has 1 atom stereocenters. The van der Waals surface area contributed by atoms with Gasteiger partial charge in [0, 0.05) is 0 Å². The molecule has 1 N–H and O–H groups in total. The molecule has 1 aliphatic rings. The van der Waals surface area contributed by atoms with Gasteiger partial charge in [0.2, 0.25) is 11.9 Å². The number of carbonyl (C=O) groups excluding carboxylic acids is 1. The molecule has 0 fully saturated rings. The molecule has 24 heavy (non-hydrogen) atoms. The Balaban J connectivity index is 2.03. The molecule has 0 saturated carbocycles. The highest BCUT2D eigenvalue weighted by Crippen LogP contribution is 2.40. The average Bonchev–Trinajstić information content (AvgIpc) is 3.01. The highest BCUT2D eigenvalue weighted by Gasteiger charge is 2.29. The van der Waals surface area contributed by atoms with Crippen molar-refractivity contribution in [1.82, 2.24) is 14.8 Å². The monoisotopic (exact) mass is 348 g/mol. The minimum absolute atomic E-state index is 0.124. The number of hydrogen-bond acceptors (Lipinski definition) is 5. The maximum atomic E-state index is 11.9. The minimum atomic E-state index is -0.304. The highest BCUT2D eigenvalue weighted by molar-refractivity contribution is 6.32. The predicted molar refractivity (Wildman–Crippen MR) is 89.7 cm³/mol. The number of aromatic nitrogens is 3. The number of nitrogens with one attached hydrogen (secondary N) is 1. The van der Waals surface area contributed by atoms with E-state index in [-0.39, 0.29) is 18.4 Å². The molecule has 1 aromatic carbocycles. The number of benzene rings is 1. The Morgan fingerprint density at radius 1 is 1.50 bits per heavy atom. The zero-order chi connectivity index (χ0) is 17.1. The van der Waals surface area contributed by atoms with Crippen LogP contribution in [0.15, 0.2) is 31.1 Å². The zero-order valence-corrected chi connectivity index (χ0v) is 13.9. The first-order valence-corrected chi connectivity index (χ1v) is 7.91. The van der Waals surface area contributed by atoms with E-state index in [1.54, 1.807) is 16.8 Å². The molecule has 0 saturated heterocycles. The molecule has 2 heterocycles. The van der Waals surface area contributed by atoms with Gasteiger partial charge in [0.15, 0.2) is 11.5 Å². The van der Waals surface area contributed by atoms with Crippen LogP contribution in [0.5, 0.6) is 11.5 Å². The summed E-state index contributed by atoms with van der Waals surface area (Å²) in [5, 5.41) is 7.28. The maximum Gasteiger partial charge on any atom is 0.229 e. The van der Waals surface area contributed by atoms with E-state index in [4.69, 9.17) is 21.1 Å². The summed E-state index contributed by atoms with van der Waals surface area (Å²) in [5.74, 6) is 1.27. The minimum Gasteiger partial charge on any atom is -0.490 e. The molecule has 1 aliphatic heterocycles. The van der Waals surface area contributed by atoms with Crippen LogP contribution >= 0.6 is 11.6 Å². The van der Waals surface area contributed by atoms with Crippen molar-refractivity contribution in [3.05, 3.63) is 41.7 Å². The molecule has 0 bridgehead atoms. The van der Waals surface area contributed by atoms with Gasteiger partial charge in [-0.05, 0) is 24.6 Å². The van der Waals surface area contributed by atoms with Crippen molar-refractivity contribution in [2.75, 3.05) is 18.5 Å². The van der Waals surface area contributed by atoms with E-state index in [0.29, 0.717) is 35.7 Å². The van der Waals surface area contributed by atoms with Crippen LogP contribution in [0.2, 0.25) is 5.02 Å². The molecule has 8 heteroatoms. The van der Waals surface area contributed by atoms with Crippen molar-refractivity contribution in [3.63, 3.8) is 0 Å². The lowest BCUT2D eigenvalue weighted by atomic mass is 10.0. The summed E-state index contributed by atoms with van der Waals surface area (Å²) < 4.78 is 12.9. The van der Waals surface area contributed by atoms with Gasteiger partial charge in [-0.3, -0.25) is 10.1 Å². The van der Waals surface area contributed by atoms with Crippen molar-refractivity contribution in [2.45, 2.75) is 19.4 Å². The zero-order valence-electron chi connectivity index (χ0n) is 13.2. The fraction of sp³-hybridized carbons (Fsp3) is 0.312. The second-order valence-corrected chi connectivity index (χ2v) is 5.57. The van der Waals surface area contributed by atoms with Gasteiger partial charge in [0.1, 0.15) is 12.9 Å². The molecular weight excluding hydrogens is 332 g/mol. The molecule has 0 aliphatic carbocycles. The van der Waals surface area contributed by atoms with Crippen LogP contribution in [-0.4, -0.2) is 33.9 Å². The Morgan fingerprint density at radius 2 is 2.33 bits per heavy atom. The lowest BCUT2D eigenvalue weighted by Crippen LogP contribution is -2.29. The van der Waals surface area contributed by atoms with E-state index in [9.17, 15) is 4.79 Å². The summed E-state index contributed by atoms with van der Waals surface area (Å²) in [6.45, 7) is 6.28. The van der Waals surface area contributed by atoms with Crippen molar-refractivity contribution in [1.29, 1.82) is 0 Å². The Hall–Kier alpha value is -2.54. The Bertz CT molecular complexity index is 775. The molecule has 2 aromatic rings. The number of fused-ring (bicyclic) bond motifs is 1. The van der Waals surface area contributed by atoms with E-state index >= 15 is 0 Å². The van der Waals surface area contributed by atoms with Gasteiger partial charge in [0.05, 0.1) is 24.1 Å². The highest BCUT2D eigenvalue weighted by atomic mass is 35.5. The van der Waals surface area contributed by atoms with Gasteiger partial charge in [0.25, 0.3) is 0 Å². The molecule has 0 radical (unpaired) electrons. The van der Waals surface area contributed by atoms with E-state index < -0.39 is 0 Å². The number of halogens is 1. The third-order valence-electron chi connectivity index (χ3n) is 3.56. The van der Waals surface area contributed by atoms with Crippen molar-refractivity contribution in [3.8, 4) is 11.5 Å². The first-order valence-electron chi connectivity index (χ1n) is 7.53. The normalized spacial score (nSPS) is 16.2. The van der Waals surface area contributed by atoms with Gasteiger partial charge in [-0.2, -0.15) is 10.1 Å². The van der Waals surface area contributed by atoms with Crippen LogP contribution in [0.25, 0.3) is 0 Å². The largest absolute Gasteiger partial charge is 0.490 e. The van der Waals surface area contributed by atoms with Gasteiger partial charge < -0.3 is 9.47 Å². The van der Waals surface area contributed by atoms with Gasteiger partial charge in [-0.1, -0.05) is 24.3 Å². The number of nitrogens with zero attached hydrogens (tertiary/aromatic N) is 3. The van der Waals surface area contributed by atoms with Crippen molar-refractivity contribution in [2.24, 2.45) is 0 Å². The van der Waals surface area contributed by atoms with Gasteiger partial charge in [-0.15, -0.1) is 0 Å². The van der Waals surface area contributed by atoms with Crippen molar-refractivity contribution < 1.29 is 14.3 Å². The summed E-state index contributed by atoms with van der Waals surface area (Å²) in [4.78, 5) is 16.0. The first-order chi connectivity index (χ1) is 11.6. The smallest absolute Gasteiger partial charge is 0.229 e. The average molecular weight is 349 g/mol. The van der Waals surface area contributed by atoms with Crippen LogP contribution in [0, 0.1) is 0 Å². The fourth-order valence-electron chi connectivity index (χ4n) is 2.59. The number of hydrogen-bond donors (Lipinski definition) is 1. The quantitative estimate of drug-likeness (QED) is 0.812. The SMILES string of the molecule is C=CCOc1c(Cl)cc([C@@H]2CC(=O)Nc3ncnn32)cc1OCC. The fourth-order valence-corrected chi connectivity index (χ4v) is 2.86. The lowest BCUT2D eigenvalue weighted by molar-refractivity contribution is -0.117. The third-order valence-corrected chi connectivity index (χ3v) is 3.84. The molecule has 0 unspecified atom stereocenters. The second kappa shape index (κ2) is 6.92. The van der Waals surface area contributed by atoms with Gasteiger partial charge >= 0.3 is 0 Å². The van der Waals surface area contributed by atoms with Crippen LogP contribution < -0.4 is 14.8 Å². The molecule has 3 rings (SSSR count). The lowest BCUT2D eigenvalue weighted by Gasteiger charge is -2.25. The van der Waals surface area contributed by atoms with Crippen LogP contribution in [0.4, 0.5) is 5.95 Å². The molecular formula is C16H17ClN4O3. The summed E-state index contributed by atoms with van der Waals surface area (Å²) in [7, 11) is 0. The predicted octanol–water partition coefficient (Wildman–Crippen LogP) is 2.83.